The van der Waals surface area contributed by atoms with Crippen molar-refractivity contribution >= 4 is 15.7 Å². The van der Waals surface area contributed by atoms with Crippen molar-refractivity contribution in [2.75, 3.05) is 24.6 Å². The molecule has 0 aliphatic carbocycles. The lowest BCUT2D eigenvalue weighted by molar-refractivity contribution is 0.303. The van der Waals surface area contributed by atoms with Gasteiger partial charge in [-0.1, -0.05) is 6.08 Å². The Kier molecular flexibility index (Phi) is 4.68. The number of sulfonamides is 1. The van der Waals surface area contributed by atoms with Crippen LogP contribution in [0.25, 0.3) is 0 Å². The van der Waals surface area contributed by atoms with Gasteiger partial charge in [0.15, 0.2) is 0 Å². The van der Waals surface area contributed by atoms with Crippen molar-refractivity contribution in [3.8, 4) is 0 Å². The molecule has 0 fully saturated rings. The Balaban J connectivity index is 2.95. The van der Waals surface area contributed by atoms with Crippen LogP contribution in [0.5, 0.6) is 0 Å². The van der Waals surface area contributed by atoms with Crippen LogP contribution in [0.4, 0.5) is 5.69 Å². The summed E-state index contributed by atoms with van der Waals surface area (Å²) >= 11 is 0. The van der Waals surface area contributed by atoms with Crippen LogP contribution in [-0.2, 0) is 10.0 Å². The molecule has 6 heteroatoms. The number of anilines is 1. The molecule has 94 valence electrons. The van der Waals surface area contributed by atoms with Crippen molar-refractivity contribution < 1.29 is 13.5 Å². The zero-order chi connectivity index (χ0) is 12.9. The smallest absolute Gasteiger partial charge is 0.238 e. The fraction of sp³-hybridized carbons (Fsp3) is 0.273. The number of primary sulfonamides is 1. The molecule has 1 aromatic carbocycles. The van der Waals surface area contributed by atoms with Crippen LogP contribution in [0.2, 0.25) is 0 Å². The van der Waals surface area contributed by atoms with E-state index in [0.29, 0.717) is 13.1 Å². The molecule has 0 aliphatic rings. The molecule has 0 heterocycles. The normalized spacial score (nSPS) is 11.2. The SMILES string of the molecule is C=CCN(CCO)c1ccc(S(N)(=O)=O)cc1. The fourth-order valence-electron chi connectivity index (χ4n) is 1.45. The minimum absolute atomic E-state index is 0.0186. The Morgan fingerprint density at radius 1 is 1.35 bits per heavy atom. The summed E-state index contributed by atoms with van der Waals surface area (Å²) in [5, 5.41) is 13.9. The Hall–Kier alpha value is -1.37. The average molecular weight is 256 g/mol. The fourth-order valence-corrected chi connectivity index (χ4v) is 1.96. The first kappa shape index (κ1) is 13.7. The molecule has 0 saturated heterocycles. The van der Waals surface area contributed by atoms with Crippen molar-refractivity contribution in [3.63, 3.8) is 0 Å². The molecule has 0 radical (unpaired) electrons. The predicted octanol–water partition coefficient (Wildman–Crippen LogP) is 0.319. The van der Waals surface area contributed by atoms with E-state index in [1.54, 1.807) is 18.2 Å². The lowest BCUT2D eigenvalue weighted by atomic mass is 10.3. The monoisotopic (exact) mass is 256 g/mol. The molecule has 0 amide bonds. The van der Waals surface area contributed by atoms with E-state index in [1.165, 1.54) is 12.1 Å². The second kappa shape index (κ2) is 5.81. The minimum Gasteiger partial charge on any atom is -0.395 e. The molecule has 17 heavy (non-hydrogen) atoms. The van der Waals surface area contributed by atoms with Gasteiger partial charge in [-0.15, -0.1) is 6.58 Å². The van der Waals surface area contributed by atoms with Crippen molar-refractivity contribution in [3.05, 3.63) is 36.9 Å². The molecular weight excluding hydrogens is 240 g/mol. The van der Waals surface area contributed by atoms with Gasteiger partial charge in [0, 0.05) is 18.8 Å². The van der Waals surface area contributed by atoms with Gasteiger partial charge in [-0.2, -0.15) is 0 Å². The number of aliphatic hydroxyl groups excluding tert-OH is 1. The molecule has 3 N–H and O–H groups in total. The van der Waals surface area contributed by atoms with Gasteiger partial charge in [-0.05, 0) is 24.3 Å². The van der Waals surface area contributed by atoms with Gasteiger partial charge >= 0.3 is 0 Å². The number of rotatable bonds is 6. The number of nitrogens with two attached hydrogens (primary N) is 1. The Bertz CT molecular complexity index is 468. The first-order chi connectivity index (χ1) is 7.99. The summed E-state index contributed by atoms with van der Waals surface area (Å²) in [6.45, 7) is 4.68. The van der Waals surface area contributed by atoms with Gasteiger partial charge in [0.2, 0.25) is 10.0 Å². The average Bonchev–Trinajstić information content (AvgIpc) is 2.28. The van der Waals surface area contributed by atoms with Crippen LogP contribution < -0.4 is 10.0 Å². The van der Waals surface area contributed by atoms with Crippen LogP contribution in [0, 0.1) is 0 Å². The number of nitrogens with zero attached hydrogens (tertiary/aromatic N) is 1. The second-order valence-corrected chi connectivity index (χ2v) is 5.06. The summed E-state index contributed by atoms with van der Waals surface area (Å²) in [6.07, 6.45) is 1.71. The third-order valence-corrected chi connectivity index (χ3v) is 3.18. The molecule has 0 spiro atoms. The predicted molar refractivity (Wildman–Crippen MR) is 67.3 cm³/mol. The van der Waals surface area contributed by atoms with Crippen molar-refractivity contribution in [2.45, 2.75) is 4.90 Å². The Morgan fingerprint density at radius 3 is 2.35 bits per heavy atom. The highest BCUT2D eigenvalue weighted by atomic mass is 32.2. The van der Waals surface area contributed by atoms with Crippen LogP contribution in [0.1, 0.15) is 0 Å². The molecule has 0 atom stereocenters. The van der Waals surface area contributed by atoms with E-state index < -0.39 is 10.0 Å². The molecule has 0 unspecified atom stereocenters. The largest absolute Gasteiger partial charge is 0.395 e. The molecule has 0 saturated carbocycles. The second-order valence-electron chi connectivity index (χ2n) is 3.50. The van der Waals surface area contributed by atoms with Crippen LogP contribution in [-0.4, -0.2) is 33.2 Å². The number of aliphatic hydroxyl groups is 1. The molecule has 0 bridgehead atoms. The standard InChI is InChI=1S/C11H16N2O3S/c1-2-7-13(8-9-14)10-3-5-11(6-4-10)17(12,15)16/h2-6,14H,1,7-9H2,(H2,12,15,16). The van der Waals surface area contributed by atoms with Crippen LogP contribution in [0.3, 0.4) is 0 Å². The first-order valence-corrected chi connectivity index (χ1v) is 6.63. The maximum absolute atomic E-state index is 11.1. The zero-order valence-electron chi connectivity index (χ0n) is 9.41. The highest BCUT2D eigenvalue weighted by molar-refractivity contribution is 7.89. The van der Waals surface area contributed by atoms with Gasteiger partial charge < -0.3 is 10.0 Å². The molecule has 1 aromatic rings. The molecular formula is C11H16N2O3S. The molecule has 0 aliphatic heterocycles. The van der Waals surface area contributed by atoms with E-state index >= 15 is 0 Å². The Morgan fingerprint density at radius 2 is 1.94 bits per heavy atom. The van der Waals surface area contributed by atoms with E-state index in [0.717, 1.165) is 5.69 Å². The topological polar surface area (TPSA) is 83.6 Å². The summed E-state index contributed by atoms with van der Waals surface area (Å²) in [4.78, 5) is 1.95. The quantitative estimate of drug-likeness (QED) is 0.718. The number of hydrogen-bond acceptors (Lipinski definition) is 4. The van der Waals surface area contributed by atoms with Crippen molar-refractivity contribution in [1.82, 2.24) is 0 Å². The molecule has 5 nitrogen and oxygen atoms in total. The van der Waals surface area contributed by atoms with Crippen molar-refractivity contribution in [1.29, 1.82) is 0 Å². The van der Waals surface area contributed by atoms with Gasteiger partial charge in [0.05, 0.1) is 11.5 Å². The van der Waals surface area contributed by atoms with E-state index in [9.17, 15) is 8.42 Å². The lowest BCUT2D eigenvalue weighted by Gasteiger charge is -2.22. The minimum atomic E-state index is -3.66. The Labute approximate surface area is 101 Å². The van der Waals surface area contributed by atoms with Gasteiger partial charge in [0.1, 0.15) is 0 Å². The summed E-state index contributed by atoms with van der Waals surface area (Å²) in [6, 6.07) is 6.19. The van der Waals surface area contributed by atoms with Crippen LogP contribution in [0.15, 0.2) is 41.8 Å². The molecule has 0 aromatic heterocycles. The molecule has 1 rings (SSSR count). The summed E-state index contributed by atoms with van der Waals surface area (Å²) in [7, 11) is -3.66. The summed E-state index contributed by atoms with van der Waals surface area (Å²) in [5.41, 5.74) is 0.811. The third-order valence-electron chi connectivity index (χ3n) is 2.25. The van der Waals surface area contributed by atoms with E-state index in [2.05, 4.69) is 6.58 Å². The number of hydrogen-bond donors (Lipinski definition) is 2. The van der Waals surface area contributed by atoms with Crippen LogP contribution >= 0.6 is 0 Å². The van der Waals surface area contributed by atoms with E-state index in [4.69, 9.17) is 10.2 Å². The van der Waals surface area contributed by atoms with Gasteiger partial charge in [-0.25, -0.2) is 13.6 Å². The maximum atomic E-state index is 11.1. The zero-order valence-corrected chi connectivity index (χ0v) is 10.2. The first-order valence-electron chi connectivity index (χ1n) is 5.08. The van der Waals surface area contributed by atoms with Gasteiger partial charge in [0.25, 0.3) is 0 Å². The van der Waals surface area contributed by atoms with Gasteiger partial charge in [-0.3, -0.25) is 0 Å². The highest BCUT2D eigenvalue weighted by Gasteiger charge is 2.09. The van der Waals surface area contributed by atoms with E-state index in [-0.39, 0.29) is 11.5 Å². The van der Waals surface area contributed by atoms with E-state index in [1.807, 2.05) is 4.90 Å². The number of benzene rings is 1. The maximum Gasteiger partial charge on any atom is 0.238 e. The summed E-state index contributed by atoms with van der Waals surface area (Å²) in [5.74, 6) is 0. The summed E-state index contributed by atoms with van der Waals surface area (Å²) < 4.78 is 22.1. The lowest BCUT2D eigenvalue weighted by Crippen LogP contribution is -2.26. The highest BCUT2D eigenvalue weighted by Crippen LogP contribution is 2.16. The third kappa shape index (κ3) is 3.85. The van der Waals surface area contributed by atoms with Crippen molar-refractivity contribution in [2.24, 2.45) is 5.14 Å².